The molecule has 0 bridgehead atoms. The molecule has 2 atom stereocenters. The van der Waals surface area contributed by atoms with Gasteiger partial charge in [0.25, 0.3) is 0 Å². The highest BCUT2D eigenvalue weighted by atomic mass is 35.5. The van der Waals surface area contributed by atoms with Crippen molar-refractivity contribution in [2.24, 2.45) is 0 Å². The van der Waals surface area contributed by atoms with E-state index in [-0.39, 0.29) is 0 Å². The number of hydrogen-bond donors (Lipinski definition) is 2. The van der Waals surface area contributed by atoms with Crippen LogP contribution in [0.25, 0.3) is 22.1 Å². The summed E-state index contributed by atoms with van der Waals surface area (Å²) < 4.78 is 2.18. The zero-order valence-corrected chi connectivity index (χ0v) is 14.0. The summed E-state index contributed by atoms with van der Waals surface area (Å²) in [5.41, 5.74) is 3.79. The molecule has 4 aromatic heterocycles. The lowest BCUT2D eigenvalue weighted by atomic mass is 10.1. The molecular formula is C17H17ClN6. The van der Waals surface area contributed by atoms with Crippen molar-refractivity contribution in [1.82, 2.24) is 29.5 Å². The second kappa shape index (κ2) is 5.08. The molecule has 0 spiro atoms. The molecule has 1 saturated carbocycles. The lowest BCUT2D eigenvalue weighted by molar-refractivity contribution is 0.517. The van der Waals surface area contributed by atoms with Gasteiger partial charge in [-0.05, 0) is 32.3 Å². The molecule has 0 aliphatic heterocycles. The SMILES string of the molecule is Cc1cc2c(Cl)nc3c(ncn3C3CC[C@@H](c4ncc[nH]4)C3)c2[nH]1. The first-order valence-electron chi connectivity index (χ1n) is 8.21. The standard InChI is InChI=1S/C17H17ClN6/c1-9-6-12-13(22-9)14-17(23-15(12)18)24(8-21-14)11-3-2-10(7-11)16-19-4-5-20-16/h4-6,8,10-11,22H,2-3,7H2,1H3,(H,19,20)/t10-,11?/m1/s1. The van der Waals surface area contributed by atoms with Gasteiger partial charge in [0.05, 0.1) is 11.8 Å². The fourth-order valence-electron chi connectivity index (χ4n) is 3.96. The Hall–Kier alpha value is -2.34. The van der Waals surface area contributed by atoms with Gasteiger partial charge in [0.15, 0.2) is 5.65 Å². The lowest BCUT2D eigenvalue weighted by Crippen LogP contribution is -2.05. The molecule has 7 heteroatoms. The molecule has 1 unspecified atom stereocenters. The molecule has 5 rings (SSSR count). The smallest absolute Gasteiger partial charge is 0.163 e. The summed E-state index contributed by atoms with van der Waals surface area (Å²) in [6.07, 6.45) is 8.87. The Labute approximate surface area is 143 Å². The van der Waals surface area contributed by atoms with Crippen molar-refractivity contribution in [1.29, 1.82) is 0 Å². The largest absolute Gasteiger partial charge is 0.357 e. The minimum atomic E-state index is 0.377. The van der Waals surface area contributed by atoms with Crippen LogP contribution in [0.3, 0.4) is 0 Å². The van der Waals surface area contributed by atoms with Gasteiger partial charge in [-0.15, -0.1) is 0 Å². The number of aromatic nitrogens is 6. The molecule has 4 aromatic rings. The van der Waals surface area contributed by atoms with Gasteiger partial charge in [-0.2, -0.15) is 0 Å². The molecule has 122 valence electrons. The zero-order valence-electron chi connectivity index (χ0n) is 13.3. The second-order valence-electron chi connectivity index (χ2n) is 6.61. The lowest BCUT2D eigenvalue weighted by Gasteiger charge is -2.13. The van der Waals surface area contributed by atoms with Crippen LogP contribution >= 0.6 is 11.6 Å². The Morgan fingerprint density at radius 1 is 1.29 bits per heavy atom. The van der Waals surface area contributed by atoms with E-state index in [9.17, 15) is 0 Å². The molecule has 4 heterocycles. The van der Waals surface area contributed by atoms with Crippen molar-refractivity contribution in [3.05, 3.63) is 41.5 Å². The third kappa shape index (κ3) is 1.99. The number of pyridine rings is 1. The third-order valence-electron chi connectivity index (χ3n) is 5.09. The number of aromatic amines is 2. The first-order chi connectivity index (χ1) is 11.7. The van der Waals surface area contributed by atoms with Crippen LogP contribution in [0.2, 0.25) is 5.15 Å². The molecule has 6 nitrogen and oxygen atoms in total. The summed E-state index contributed by atoms with van der Waals surface area (Å²) in [5, 5.41) is 1.47. The molecule has 0 saturated heterocycles. The number of fused-ring (bicyclic) bond motifs is 3. The Bertz CT molecular complexity index is 1030. The molecule has 0 radical (unpaired) electrons. The van der Waals surface area contributed by atoms with E-state index in [0.717, 1.165) is 52.8 Å². The first kappa shape index (κ1) is 14.0. The highest BCUT2D eigenvalue weighted by molar-refractivity contribution is 6.35. The maximum atomic E-state index is 6.41. The molecule has 24 heavy (non-hydrogen) atoms. The average molecular weight is 341 g/mol. The van der Waals surface area contributed by atoms with E-state index in [1.807, 2.05) is 31.7 Å². The predicted octanol–water partition coefficient (Wildman–Crippen LogP) is 4.11. The van der Waals surface area contributed by atoms with Gasteiger partial charge < -0.3 is 14.5 Å². The van der Waals surface area contributed by atoms with Crippen LogP contribution in [-0.4, -0.2) is 29.5 Å². The predicted molar refractivity (Wildman–Crippen MR) is 93.3 cm³/mol. The van der Waals surface area contributed by atoms with Gasteiger partial charge >= 0.3 is 0 Å². The summed E-state index contributed by atoms with van der Waals surface area (Å²) in [5.74, 6) is 1.55. The monoisotopic (exact) mass is 340 g/mol. The van der Waals surface area contributed by atoms with Gasteiger partial charge in [-0.1, -0.05) is 11.6 Å². The van der Waals surface area contributed by atoms with E-state index in [1.165, 1.54) is 0 Å². The molecule has 0 amide bonds. The van der Waals surface area contributed by atoms with E-state index in [2.05, 4.69) is 29.5 Å². The number of nitrogens with zero attached hydrogens (tertiary/aromatic N) is 4. The fraction of sp³-hybridized carbons (Fsp3) is 0.353. The molecule has 1 fully saturated rings. The Kier molecular flexibility index (Phi) is 2.97. The van der Waals surface area contributed by atoms with Crippen LogP contribution < -0.4 is 0 Å². The first-order valence-corrected chi connectivity index (χ1v) is 8.59. The zero-order chi connectivity index (χ0) is 16.3. The van der Waals surface area contributed by atoms with E-state index >= 15 is 0 Å². The highest BCUT2D eigenvalue weighted by Gasteiger charge is 2.30. The third-order valence-corrected chi connectivity index (χ3v) is 5.38. The van der Waals surface area contributed by atoms with Crippen LogP contribution in [0.15, 0.2) is 24.8 Å². The molecule has 1 aliphatic rings. The van der Waals surface area contributed by atoms with E-state index in [0.29, 0.717) is 17.1 Å². The van der Waals surface area contributed by atoms with Crippen molar-refractivity contribution in [2.75, 3.05) is 0 Å². The van der Waals surface area contributed by atoms with Crippen LogP contribution in [-0.2, 0) is 0 Å². The van der Waals surface area contributed by atoms with Crippen molar-refractivity contribution in [3.63, 3.8) is 0 Å². The Morgan fingerprint density at radius 3 is 3.04 bits per heavy atom. The summed E-state index contributed by atoms with van der Waals surface area (Å²) >= 11 is 6.41. The number of aryl methyl sites for hydroxylation is 1. The average Bonchev–Trinajstić information content (AvgIpc) is 3.32. The maximum absolute atomic E-state index is 6.41. The van der Waals surface area contributed by atoms with Crippen molar-refractivity contribution >= 4 is 33.7 Å². The van der Waals surface area contributed by atoms with Gasteiger partial charge in [0.2, 0.25) is 0 Å². The summed E-state index contributed by atoms with van der Waals surface area (Å²) in [4.78, 5) is 20.3. The molecule has 1 aliphatic carbocycles. The number of nitrogens with one attached hydrogen (secondary N) is 2. The topological polar surface area (TPSA) is 75.2 Å². The maximum Gasteiger partial charge on any atom is 0.163 e. The van der Waals surface area contributed by atoms with Gasteiger partial charge in [0, 0.05) is 35.4 Å². The Balaban J connectivity index is 1.58. The second-order valence-corrected chi connectivity index (χ2v) is 6.96. The minimum Gasteiger partial charge on any atom is -0.357 e. The number of hydrogen-bond acceptors (Lipinski definition) is 3. The highest BCUT2D eigenvalue weighted by Crippen LogP contribution is 2.41. The number of imidazole rings is 2. The van der Waals surface area contributed by atoms with Crippen LogP contribution in [0, 0.1) is 6.92 Å². The van der Waals surface area contributed by atoms with E-state index in [4.69, 9.17) is 11.6 Å². The summed E-state index contributed by atoms with van der Waals surface area (Å²) in [6.45, 7) is 2.02. The molecule has 2 N–H and O–H groups in total. The van der Waals surface area contributed by atoms with Gasteiger partial charge in [0.1, 0.15) is 16.5 Å². The summed E-state index contributed by atoms with van der Waals surface area (Å²) in [6, 6.07) is 2.40. The number of halogens is 1. The van der Waals surface area contributed by atoms with Crippen molar-refractivity contribution in [3.8, 4) is 0 Å². The molecule has 0 aromatic carbocycles. The van der Waals surface area contributed by atoms with Crippen LogP contribution in [0.4, 0.5) is 0 Å². The van der Waals surface area contributed by atoms with Gasteiger partial charge in [-0.3, -0.25) is 0 Å². The fourth-order valence-corrected chi connectivity index (χ4v) is 4.19. The normalized spacial score (nSPS) is 21.2. The number of H-pyrrole nitrogens is 2. The van der Waals surface area contributed by atoms with Gasteiger partial charge in [-0.25, -0.2) is 15.0 Å². The quantitative estimate of drug-likeness (QED) is 0.539. The molecular weight excluding hydrogens is 324 g/mol. The van der Waals surface area contributed by atoms with Crippen LogP contribution in [0.5, 0.6) is 0 Å². The minimum absolute atomic E-state index is 0.377. The van der Waals surface area contributed by atoms with Crippen molar-refractivity contribution in [2.45, 2.75) is 38.1 Å². The van der Waals surface area contributed by atoms with E-state index in [1.54, 1.807) is 0 Å². The van der Waals surface area contributed by atoms with Crippen molar-refractivity contribution < 1.29 is 0 Å². The summed E-state index contributed by atoms with van der Waals surface area (Å²) in [7, 11) is 0. The van der Waals surface area contributed by atoms with Crippen LogP contribution in [0.1, 0.15) is 42.7 Å². The van der Waals surface area contributed by atoms with E-state index < -0.39 is 0 Å². The Morgan fingerprint density at radius 2 is 2.21 bits per heavy atom. The number of rotatable bonds is 2.